The summed E-state index contributed by atoms with van der Waals surface area (Å²) in [5, 5.41) is 10.5. The zero-order valence-corrected chi connectivity index (χ0v) is 15.3. The predicted molar refractivity (Wildman–Crippen MR) is 102 cm³/mol. The first-order valence-corrected chi connectivity index (χ1v) is 8.60. The molecule has 0 aliphatic rings. The van der Waals surface area contributed by atoms with Crippen LogP contribution in [0.4, 0.5) is 0 Å². The summed E-state index contributed by atoms with van der Waals surface area (Å²) in [7, 11) is 3.39. The summed E-state index contributed by atoms with van der Waals surface area (Å²) in [5.41, 5.74) is 1.77. The summed E-state index contributed by atoms with van der Waals surface area (Å²) < 4.78 is 10.5. The molecule has 0 bridgehead atoms. The molecule has 0 amide bonds. The van der Waals surface area contributed by atoms with E-state index in [1.54, 1.807) is 20.4 Å². The predicted octanol–water partition coefficient (Wildman–Crippen LogP) is 2.05. The van der Waals surface area contributed by atoms with E-state index in [0.29, 0.717) is 42.9 Å². The van der Waals surface area contributed by atoms with Gasteiger partial charge in [0.1, 0.15) is 11.4 Å². The number of aliphatic imine (C=N–C) groups is 1. The number of pyridine rings is 1. The van der Waals surface area contributed by atoms with Crippen LogP contribution in [0.5, 0.6) is 5.75 Å². The Morgan fingerprint density at radius 2 is 2.11 bits per heavy atom. The third-order valence-electron chi connectivity index (χ3n) is 3.81. The highest BCUT2D eigenvalue weighted by atomic mass is 16.5. The van der Waals surface area contributed by atoms with Crippen molar-refractivity contribution in [1.29, 1.82) is 0 Å². The lowest BCUT2D eigenvalue weighted by molar-refractivity contribution is 0.414. The lowest BCUT2D eigenvalue weighted by Gasteiger charge is -2.11. The molecule has 1 aromatic carbocycles. The number of benzene rings is 1. The minimum atomic E-state index is 0.422. The van der Waals surface area contributed by atoms with Crippen molar-refractivity contribution < 1.29 is 9.26 Å². The highest BCUT2D eigenvalue weighted by Crippen LogP contribution is 2.13. The summed E-state index contributed by atoms with van der Waals surface area (Å²) in [6.45, 7) is 1.27. The molecule has 2 aromatic heterocycles. The van der Waals surface area contributed by atoms with Gasteiger partial charge in [0.2, 0.25) is 0 Å². The van der Waals surface area contributed by atoms with Crippen molar-refractivity contribution in [3.63, 3.8) is 0 Å². The van der Waals surface area contributed by atoms with Crippen molar-refractivity contribution >= 4 is 5.96 Å². The largest absolute Gasteiger partial charge is 0.497 e. The number of nitrogens with zero attached hydrogens (tertiary/aromatic N) is 4. The molecule has 0 unspecified atom stereocenters. The van der Waals surface area contributed by atoms with Crippen LogP contribution < -0.4 is 15.4 Å². The number of hydrogen-bond acceptors (Lipinski definition) is 6. The lowest BCUT2D eigenvalue weighted by atomic mass is 10.2. The summed E-state index contributed by atoms with van der Waals surface area (Å²) >= 11 is 0. The zero-order valence-electron chi connectivity index (χ0n) is 15.3. The van der Waals surface area contributed by atoms with Gasteiger partial charge in [-0.1, -0.05) is 23.4 Å². The van der Waals surface area contributed by atoms with Crippen molar-refractivity contribution in [2.75, 3.05) is 20.7 Å². The van der Waals surface area contributed by atoms with Crippen LogP contribution in [0.3, 0.4) is 0 Å². The Kier molecular flexibility index (Phi) is 6.35. The van der Waals surface area contributed by atoms with Gasteiger partial charge in [0.15, 0.2) is 11.8 Å². The van der Waals surface area contributed by atoms with Gasteiger partial charge in [-0.25, -0.2) is 0 Å². The molecule has 8 nitrogen and oxygen atoms in total. The van der Waals surface area contributed by atoms with Gasteiger partial charge in [-0.2, -0.15) is 4.98 Å². The van der Waals surface area contributed by atoms with Crippen LogP contribution in [-0.4, -0.2) is 41.8 Å². The Morgan fingerprint density at radius 1 is 1.19 bits per heavy atom. The van der Waals surface area contributed by atoms with E-state index in [2.05, 4.69) is 30.8 Å². The second kappa shape index (κ2) is 9.33. The van der Waals surface area contributed by atoms with E-state index in [1.165, 1.54) is 0 Å². The monoisotopic (exact) mass is 366 g/mol. The maximum Gasteiger partial charge on any atom is 0.276 e. The Labute approximate surface area is 157 Å². The number of methoxy groups -OCH3 is 1. The van der Waals surface area contributed by atoms with Gasteiger partial charge >= 0.3 is 0 Å². The Hall–Kier alpha value is -3.42. The number of rotatable bonds is 7. The molecule has 2 N–H and O–H groups in total. The standard InChI is InChI=1S/C19H22N6O2/c1-20-19(23-13-14-6-5-7-15(12-14)26-2)22-11-9-17-24-18(27-25-17)16-8-3-4-10-21-16/h3-8,10,12H,9,11,13H2,1-2H3,(H2,20,22,23). The molecule has 0 spiro atoms. The van der Waals surface area contributed by atoms with E-state index in [0.717, 1.165) is 11.3 Å². The Balaban J connectivity index is 1.46. The average molecular weight is 366 g/mol. The SMILES string of the molecule is CN=C(NCCc1noc(-c2ccccn2)n1)NCc1cccc(OC)c1. The topological polar surface area (TPSA) is 97.5 Å². The fraction of sp³-hybridized carbons (Fsp3) is 0.263. The number of nitrogens with one attached hydrogen (secondary N) is 2. The molecule has 2 heterocycles. The van der Waals surface area contributed by atoms with Crippen molar-refractivity contribution in [2.45, 2.75) is 13.0 Å². The molecule has 0 atom stereocenters. The average Bonchev–Trinajstić information content (AvgIpc) is 3.20. The van der Waals surface area contributed by atoms with E-state index in [1.807, 2.05) is 42.5 Å². The minimum Gasteiger partial charge on any atom is -0.497 e. The fourth-order valence-electron chi connectivity index (χ4n) is 2.43. The van der Waals surface area contributed by atoms with E-state index in [-0.39, 0.29) is 0 Å². The van der Waals surface area contributed by atoms with Crippen molar-refractivity contribution in [3.05, 3.63) is 60.0 Å². The van der Waals surface area contributed by atoms with Crippen molar-refractivity contribution in [3.8, 4) is 17.3 Å². The van der Waals surface area contributed by atoms with Gasteiger partial charge < -0.3 is 19.9 Å². The molecule has 0 saturated carbocycles. The van der Waals surface area contributed by atoms with Crippen LogP contribution in [0, 0.1) is 0 Å². The van der Waals surface area contributed by atoms with Gasteiger partial charge in [0, 0.05) is 32.8 Å². The van der Waals surface area contributed by atoms with E-state index < -0.39 is 0 Å². The summed E-state index contributed by atoms with van der Waals surface area (Å²) in [4.78, 5) is 12.8. The number of aromatic nitrogens is 3. The van der Waals surface area contributed by atoms with Gasteiger partial charge in [0.25, 0.3) is 5.89 Å². The normalized spacial score (nSPS) is 11.3. The maximum absolute atomic E-state index is 5.25. The van der Waals surface area contributed by atoms with Crippen LogP contribution in [-0.2, 0) is 13.0 Å². The first-order chi connectivity index (χ1) is 13.3. The molecule has 8 heteroatoms. The fourth-order valence-corrected chi connectivity index (χ4v) is 2.43. The molecule has 140 valence electrons. The first kappa shape index (κ1) is 18.4. The zero-order chi connectivity index (χ0) is 18.9. The van der Waals surface area contributed by atoms with E-state index in [9.17, 15) is 0 Å². The third-order valence-corrected chi connectivity index (χ3v) is 3.81. The maximum atomic E-state index is 5.25. The summed E-state index contributed by atoms with van der Waals surface area (Å²) in [6, 6.07) is 13.4. The van der Waals surface area contributed by atoms with Gasteiger partial charge in [0.05, 0.1) is 7.11 Å². The highest BCUT2D eigenvalue weighted by molar-refractivity contribution is 5.79. The molecule has 3 aromatic rings. The van der Waals surface area contributed by atoms with Crippen LogP contribution >= 0.6 is 0 Å². The second-order valence-corrected chi connectivity index (χ2v) is 5.68. The van der Waals surface area contributed by atoms with Crippen molar-refractivity contribution in [2.24, 2.45) is 4.99 Å². The minimum absolute atomic E-state index is 0.422. The third kappa shape index (κ3) is 5.27. The van der Waals surface area contributed by atoms with Crippen LogP contribution in [0.2, 0.25) is 0 Å². The van der Waals surface area contributed by atoms with Gasteiger partial charge in [-0.05, 0) is 29.8 Å². The van der Waals surface area contributed by atoms with Gasteiger partial charge in [-0.3, -0.25) is 9.98 Å². The van der Waals surface area contributed by atoms with Crippen LogP contribution in [0.15, 0.2) is 58.2 Å². The molecule has 3 rings (SSSR count). The Bertz CT molecular complexity index is 879. The molecular weight excluding hydrogens is 344 g/mol. The smallest absolute Gasteiger partial charge is 0.276 e. The van der Waals surface area contributed by atoms with Crippen LogP contribution in [0.25, 0.3) is 11.6 Å². The first-order valence-electron chi connectivity index (χ1n) is 8.60. The molecule has 27 heavy (non-hydrogen) atoms. The lowest BCUT2D eigenvalue weighted by Crippen LogP contribution is -2.37. The molecule has 0 fully saturated rings. The molecule has 0 radical (unpaired) electrons. The number of guanidine groups is 1. The Morgan fingerprint density at radius 3 is 2.89 bits per heavy atom. The summed E-state index contributed by atoms with van der Waals surface area (Å²) in [6.07, 6.45) is 2.30. The molecule has 0 aliphatic carbocycles. The van der Waals surface area contributed by atoms with Crippen LogP contribution in [0.1, 0.15) is 11.4 Å². The van der Waals surface area contributed by atoms with E-state index in [4.69, 9.17) is 9.26 Å². The van der Waals surface area contributed by atoms with Crippen molar-refractivity contribution in [1.82, 2.24) is 25.8 Å². The number of ether oxygens (including phenoxy) is 1. The molecule has 0 saturated heterocycles. The second-order valence-electron chi connectivity index (χ2n) is 5.68. The molecule has 0 aliphatic heterocycles. The molecular formula is C19H22N6O2. The quantitative estimate of drug-likeness (QED) is 0.488. The highest BCUT2D eigenvalue weighted by Gasteiger charge is 2.09. The summed E-state index contributed by atoms with van der Waals surface area (Å²) in [5.74, 6) is 2.57. The van der Waals surface area contributed by atoms with E-state index >= 15 is 0 Å². The van der Waals surface area contributed by atoms with Gasteiger partial charge in [-0.15, -0.1) is 0 Å². The number of hydrogen-bond donors (Lipinski definition) is 2.